The van der Waals surface area contributed by atoms with Gasteiger partial charge in [0.05, 0.1) is 18.1 Å². The van der Waals surface area contributed by atoms with Crippen LogP contribution < -0.4 is 10.6 Å². The molecule has 1 amide bonds. The maximum atomic E-state index is 14.2. The number of amides is 1. The molecule has 1 fully saturated rings. The molecule has 1 heterocycles. The Morgan fingerprint density at radius 1 is 1.10 bits per heavy atom. The fraction of sp³-hybridized carbons (Fsp3) is 0.500. The molecule has 1 aliphatic rings. The van der Waals surface area contributed by atoms with Crippen molar-refractivity contribution in [2.24, 2.45) is 21.9 Å². The van der Waals surface area contributed by atoms with Gasteiger partial charge in [-0.05, 0) is 62.1 Å². The Morgan fingerprint density at radius 2 is 1.71 bits per heavy atom. The Hall–Kier alpha value is -3.19. The highest BCUT2D eigenvalue weighted by Crippen LogP contribution is 2.41. The first-order chi connectivity index (χ1) is 19.6. The Morgan fingerprint density at radius 3 is 2.26 bits per heavy atom. The number of hydrogen-bond acceptors (Lipinski definition) is 5. The topological polar surface area (TPSA) is 98.9 Å². The lowest BCUT2D eigenvalue weighted by atomic mass is 9.74. The monoisotopic (exact) mass is 619 g/mol. The lowest BCUT2D eigenvalue weighted by Gasteiger charge is -2.36. The summed E-state index contributed by atoms with van der Waals surface area (Å²) < 4.78 is 88.1. The molecular formula is C28H32ClF6N5O2. The molecule has 14 heteroatoms. The summed E-state index contributed by atoms with van der Waals surface area (Å²) in [6.07, 6.45) is -7.77. The number of nitrogens with one attached hydrogen (secondary N) is 3. The maximum Gasteiger partial charge on any atom is 0.415 e. The molecule has 2 aromatic rings. The van der Waals surface area contributed by atoms with E-state index in [-0.39, 0.29) is 35.1 Å². The molecule has 6 atom stereocenters. The van der Waals surface area contributed by atoms with E-state index in [2.05, 4.69) is 20.7 Å². The van der Waals surface area contributed by atoms with E-state index >= 15 is 0 Å². The fourth-order valence-electron chi connectivity index (χ4n) is 5.18. The molecule has 3 rings (SSSR count). The van der Waals surface area contributed by atoms with E-state index in [1.165, 1.54) is 13.0 Å². The van der Waals surface area contributed by atoms with Crippen LogP contribution in [0.5, 0.6) is 0 Å². The van der Waals surface area contributed by atoms with Gasteiger partial charge in [-0.25, -0.2) is 23.7 Å². The van der Waals surface area contributed by atoms with E-state index in [9.17, 15) is 31.1 Å². The number of nitrogens with zero attached hydrogens (tertiary/aromatic N) is 2. The zero-order valence-corrected chi connectivity index (χ0v) is 24.1. The number of ether oxygens (including phenoxy) is 1. The standard InChI is InChI=1S/C28H32ClF6N5O2/c1-5-14(2)27(40-36,17-7-19(30)11-20(31)8-17)13-15(3)37-26(38-22-10-18(29)9-21(32)12-22)39-25(41)23-6-16(4)42-24(23)28(33,34)35/h7-12,14-16,23-24,36H,5-6,13H2,1-4H3,(H2,37,38,39,41). The van der Waals surface area contributed by atoms with Crippen molar-refractivity contribution in [3.8, 4) is 0 Å². The van der Waals surface area contributed by atoms with Crippen molar-refractivity contribution in [3.63, 3.8) is 0 Å². The highest BCUT2D eigenvalue weighted by molar-refractivity contribution is 6.31. The molecule has 0 aromatic heterocycles. The van der Waals surface area contributed by atoms with Crippen LogP contribution in [0.3, 0.4) is 0 Å². The molecule has 0 spiro atoms. The Bertz CT molecular complexity index is 1290. The smallest absolute Gasteiger partial charge is 0.365 e. The van der Waals surface area contributed by atoms with Gasteiger partial charge in [-0.15, -0.1) is 0 Å². The third-order valence-electron chi connectivity index (χ3n) is 7.30. The van der Waals surface area contributed by atoms with Crippen molar-refractivity contribution < 1.29 is 35.9 Å². The molecule has 3 N–H and O–H groups in total. The summed E-state index contributed by atoms with van der Waals surface area (Å²) in [5.41, 5.74) is 6.73. The summed E-state index contributed by atoms with van der Waals surface area (Å²) in [6, 6.07) is 5.41. The molecule has 0 radical (unpaired) electrons. The third kappa shape index (κ3) is 8.00. The van der Waals surface area contributed by atoms with Gasteiger partial charge in [0.1, 0.15) is 23.0 Å². The molecule has 230 valence electrons. The van der Waals surface area contributed by atoms with Crippen LogP contribution in [0.4, 0.5) is 32.0 Å². The van der Waals surface area contributed by atoms with Crippen molar-refractivity contribution in [3.05, 3.63) is 64.4 Å². The maximum absolute atomic E-state index is 14.2. The van der Waals surface area contributed by atoms with Crippen molar-refractivity contribution in [1.82, 2.24) is 5.32 Å². The van der Waals surface area contributed by atoms with E-state index < -0.39 is 65.2 Å². The number of rotatable bonds is 9. The lowest BCUT2D eigenvalue weighted by molar-refractivity contribution is -0.222. The second-order valence-electron chi connectivity index (χ2n) is 10.6. The predicted octanol–water partition coefficient (Wildman–Crippen LogP) is 7.75. The average Bonchev–Trinajstić information content (AvgIpc) is 3.28. The van der Waals surface area contributed by atoms with Gasteiger partial charge in [0, 0.05) is 23.2 Å². The van der Waals surface area contributed by atoms with Gasteiger partial charge in [0.2, 0.25) is 11.9 Å². The second kappa shape index (κ2) is 13.4. The summed E-state index contributed by atoms with van der Waals surface area (Å²) in [6.45, 7) is 6.57. The van der Waals surface area contributed by atoms with Crippen LogP contribution in [0.15, 0.2) is 46.5 Å². The van der Waals surface area contributed by atoms with Crippen LogP contribution in [0.25, 0.3) is 0 Å². The van der Waals surface area contributed by atoms with E-state index in [1.807, 2.05) is 6.92 Å². The molecule has 6 unspecified atom stereocenters. The highest BCUT2D eigenvalue weighted by Gasteiger charge is 2.53. The molecular weight excluding hydrogens is 588 g/mol. The Labute approximate surface area is 244 Å². The summed E-state index contributed by atoms with van der Waals surface area (Å²) in [5, 5.41) is 8.85. The van der Waals surface area contributed by atoms with Gasteiger partial charge >= 0.3 is 6.18 Å². The number of carbonyl (C=O) groups is 1. The Kier molecular flexibility index (Phi) is 10.6. The van der Waals surface area contributed by atoms with E-state index in [1.54, 1.807) is 13.8 Å². The number of aliphatic imine (C=N–C) groups is 1. The van der Waals surface area contributed by atoms with Crippen LogP contribution in [0.2, 0.25) is 5.02 Å². The summed E-state index contributed by atoms with van der Waals surface area (Å²) in [4.78, 5) is 17.5. The average molecular weight is 620 g/mol. The van der Waals surface area contributed by atoms with Gasteiger partial charge in [-0.3, -0.25) is 10.1 Å². The van der Waals surface area contributed by atoms with Crippen LogP contribution in [0, 0.1) is 34.8 Å². The highest BCUT2D eigenvalue weighted by atomic mass is 35.5. The quantitative estimate of drug-likeness (QED) is 0.116. The third-order valence-corrected chi connectivity index (χ3v) is 7.52. The van der Waals surface area contributed by atoms with Gasteiger partial charge in [-0.1, -0.05) is 31.9 Å². The molecule has 0 bridgehead atoms. The number of hydrogen-bond donors (Lipinski definition) is 3. The van der Waals surface area contributed by atoms with Crippen LogP contribution in [0.1, 0.15) is 52.5 Å². The molecule has 42 heavy (non-hydrogen) atoms. The fourth-order valence-corrected chi connectivity index (χ4v) is 5.40. The minimum absolute atomic E-state index is 0.00306. The van der Waals surface area contributed by atoms with Crippen LogP contribution in [-0.4, -0.2) is 36.3 Å². The van der Waals surface area contributed by atoms with Crippen molar-refractivity contribution >= 4 is 29.2 Å². The number of alkyl halides is 3. The summed E-state index contributed by atoms with van der Waals surface area (Å²) >= 11 is 5.94. The molecule has 1 saturated heterocycles. The minimum atomic E-state index is -4.80. The number of anilines is 1. The van der Waals surface area contributed by atoms with Gasteiger partial charge in [0.15, 0.2) is 6.10 Å². The van der Waals surface area contributed by atoms with Gasteiger partial charge in [0.25, 0.3) is 0 Å². The van der Waals surface area contributed by atoms with E-state index in [0.29, 0.717) is 12.5 Å². The molecule has 0 saturated carbocycles. The predicted molar refractivity (Wildman–Crippen MR) is 146 cm³/mol. The first-order valence-electron chi connectivity index (χ1n) is 13.3. The summed E-state index contributed by atoms with van der Waals surface area (Å²) in [5.74, 6) is -5.79. The van der Waals surface area contributed by atoms with Crippen LogP contribution in [-0.2, 0) is 15.1 Å². The Balaban J connectivity index is 2.01. The normalized spacial score (nSPS) is 22.3. The second-order valence-corrected chi connectivity index (χ2v) is 11.0. The largest absolute Gasteiger partial charge is 0.415 e. The van der Waals surface area contributed by atoms with E-state index in [4.69, 9.17) is 21.9 Å². The molecule has 2 aromatic carbocycles. The number of halogens is 7. The summed E-state index contributed by atoms with van der Waals surface area (Å²) in [7, 11) is 0. The van der Waals surface area contributed by atoms with Crippen molar-refractivity contribution in [1.29, 1.82) is 5.53 Å². The zero-order valence-electron chi connectivity index (χ0n) is 23.3. The van der Waals surface area contributed by atoms with E-state index in [0.717, 1.165) is 24.3 Å². The minimum Gasteiger partial charge on any atom is -0.365 e. The van der Waals surface area contributed by atoms with Gasteiger partial charge < -0.3 is 10.1 Å². The number of benzene rings is 2. The molecule has 0 aliphatic carbocycles. The van der Waals surface area contributed by atoms with Crippen LogP contribution >= 0.6 is 11.6 Å². The molecule has 1 aliphatic heterocycles. The number of carbonyl (C=O) groups excluding carboxylic acids is 1. The lowest BCUT2D eigenvalue weighted by Crippen LogP contribution is -2.46. The number of guanidine groups is 1. The first-order valence-corrected chi connectivity index (χ1v) is 13.6. The van der Waals surface area contributed by atoms with Gasteiger partial charge in [-0.2, -0.15) is 18.3 Å². The van der Waals surface area contributed by atoms with Crippen molar-refractivity contribution in [2.45, 2.75) is 76.9 Å². The molecule has 7 nitrogen and oxygen atoms in total. The first kappa shape index (κ1) is 33.3. The van der Waals surface area contributed by atoms with Crippen molar-refractivity contribution in [2.75, 3.05) is 5.32 Å². The SMILES string of the molecule is CCC(C)C(CC(C)N=C(NC(=O)C1CC(C)OC1C(F)(F)F)Nc1cc(F)cc(Cl)c1)(N=N)c1cc(F)cc(F)c1. The zero-order chi connectivity index (χ0) is 31.4.